The Hall–Kier alpha value is -3.12. The Labute approximate surface area is 180 Å². The van der Waals surface area contributed by atoms with Gasteiger partial charge in [-0.25, -0.2) is 4.98 Å². The maximum Gasteiger partial charge on any atom is 0.229 e. The minimum atomic E-state index is 0.112. The van der Waals surface area contributed by atoms with Gasteiger partial charge in [-0.1, -0.05) is 30.7 Å². The van der Waals surface area contributed by atoms with E-state index in [0.29, 0.717) is 35.5 Å². The normalized spacial score (nSPS) is 13.6. The van der Waals surface area contributed by atoms with Crippen LogP contribution in [0.3, 0.4) is 0 Å². The number of hydrogen-bond acceptors (Lipinski definition) is 6. The summed E-state index contributed by atoms with van der Waals surface area (Å²) < 4.78 is 5.83. The maximum absolute atomic E-state index is 11.9. The zero-order valence-corrected chi connectivity index (χ0v) is 17.5. The van der Waals surface area contributed by atoms with E-state index in [1.165, 1.54) is 0 Å². The van der Waals surface area contributed by atoms with E-state index in [1.807, 2.05) is 61.5 Å². The number of nitrogens with zero attached hydrogens (tertiary/aromatic N) is 3. The SMILES string of the molecule is CCC(=O)c1cccc(Nc2nccc(N3CC(COc4ccc(Cl)cc4)C3)n2)c1. The standard InChI is InChI=1S/C23H23ClN4O2/c1-2-21(29)17-4-3-5-19(12-17)26-23-25-11-10-22(27-23)28-13-16(14-28)15-30-20-8-6-18(24)7-9-20/h3-12,16H,2,13-15H2,1H3,(H,25,26,27). The molecule has 1 aliphatic rings. The van der Waals surface area contributed by atoms with Crippen molar-refractivity contribution in [3.63, 3.8) is 0 Å². The first-order valence-electron chi connectivity index (χ1n) is 9.97. The molecule has 0 unspecified atom stereocenters. The highest BCUT2D eigenvalue weighted by Crippen LogP contribution is 2.25. The second kappa shape index (κ2) is 9.13. The predicted octanol–water partition coefficient (Wildman–Crippen LogP) is 4.98. The molecule has 1 fully saturated rings. The molecule has 2 aromatic carbocycles. The quantitative estimate of drug-likeness (QED) is 0.516. The fourth-order valence-corrected chi connectivity index (χ4v) is 3.42. The van der Waals surface area contributed by atoms with Crippen LogP contribution in [0.2, 0.25) is 5.02 Å². The highest BCUT2D eigenvalue weighted by atomic mass is 35.5. The van der Waals surface area contributed by atoms with E-state index in [4.69, 9.17) is 16.3 Å². The number of anilines is 3. The van der Waals surface area contributed by atoms with Crippen LogP contribution in [0.5, 0.6) is 5.75 Å². The van der Waals surface area contributed by atoms with Gasteiger partial charge in [-0.2, -0.15) is 4.98 Å². The Bertz CT molecular complexity index is 1020. The number of carbonyl (C=O) groups is 1. The van der Waals surface area contributed by atoms with Crippen molar-refractivity contribution in [2.45, 2.75) is 13.3 Å². The van der Waals surface area contributed by atoms with Gasteiger partial charge in [0.2, 0.25) is 5.95 Å². The van der Waals surface area contributed by atoms with Crippen LogP contribution in [0.1, 0.15) is 23.7 Å². The van der Waals surface area contributed by atoms with Gasteiger partial charge in [0.15, 0.2) is 5.78 Å². The molecule has 0 radical (unpaired) electrons. The first-order valence-corrected chi connectivity index (χ1v) is 10.3. The number of carbonyl (C=O) groups excluding carboxylic acids is 1. The number of aromatic nitrogens is 2. The summed E-state index contributed by atoms with van der Waals surface area (Å²) in [6, 6.07) is 16.7. The van der Waals surface area contributed by atoms with Gasteiger partial charge in [0.05, 0.1) is 6.61 Å². The van der Waals surface area contributed by atoms with Crippen molar-refractivity contribution in [3.8, 4) is 5.75 Å². The number of ether oxygens (including phenoxy) is 1. The largest absolute Gasteiger partial charge is 0.493 e. The lowest BCUT2D eigenvalue weighted by molar-refractivity contribution is 0.0988. The summed E-state index contributed by atoms with van der Waals surface area (Å²) in [5.74, 6) is 2.77. The molecule has 154 valence electrons. The smallest absolute Gasteiger partial charge is 0.229 e. The second-order valence-corrected chi connectivity index (χ2v) is 7.69. The molecule has 0 aliphatic carbocycles. The first-order chi connectivity index (χ1) is 14.6. The predicted molar refractivity (Wildman–Crippen MR) is 119 cm³/mol. The van der Waals surface area contributed by atoms with Crippen molar-refractivity contribution >= 4 is 34.8 Å². The van der Waals surface area contributed by atoms with Gasteiger partial charge in [-0.05, 0) is 42.5 Å². The number of hydrogen-bond donors (Lipinski definition) is 1. The van der Waals surface area contributed by atoms with E-state index >= 15 is 0 Å². The van der Waals surface area contributed by atoms with Crippen molar-refractivity contribution in [3.05, 3.63) is 71.4 Å². The number of rotatable bonds is 8. The molecule has 3 aromatic rings. The Kier molecular flexibility index (Phi) is 6.14. The Morgan fingerprint density at radius 3 is 2.77 bits per heavy atom. The van der Waals surface area contributed by atoms with Crippen molar-refractivity contribution in [1.29, 1.82) is 0 Å². The zero-order chi connectivity index (χ0) is 20.9. The molecular formula is C23H23ClN4O2. The fourth-order valence-electron chi connectivity index (χ4n) is 3.30. The van der Waals surface area contributed by atoms with Crippen LogP contribution in [-0.4, -0.2) is 35.4 Å². The molecule has 0 atom stereocenters. The van der Waals surface area contributed by atoms with Crippen LogP contribution in [-0.2, 0) is 0 Å². The van der Waals surface area contributed by atoms with Gasteiger partial charge in [0.1, 0.15) is 11.6 Å². The van der Waals surface area contributed by atoms with Crippen molar-refractivity contribution in [1.82, 2.24) is 9.97 Å². The summed E-state index contributed by atoms with van der Waals surface area (Å²) in [5.41, 5.74) is 1.48. The molecule has 1 aromatic heterocycles. The molecule has 0 amide bonds. The Morgan fingerprint density at radius 1 is 1.20 bits per heavy atom. The topological polar surface area (TPSA) is 67.4 Å². The summed E-state index contributed by atoms with van der Waals surface area (Å²) >= 11 is 5.90. The van der Waals surface area contributed by atoms with Crippen molar-refractivity contribution < 1.29 is 9.53 Å². The third-order valence-electron chi connectivity index (χ3n) is 4.98. The summed E-state index contributed by atoms with van der Waals surface area (Å²) in [4.78, 5) is 23.0. The second-order valence-electron chi connectivity index (χ2n) is 7.26. The van der Waals surface area contributed by atoms with E-state index in [-0.39, 0.29) is 5.78 Å². The van der Waals surface area contributed by atoms with Gasteiger partial charge in [-0.3, -0.25) is 4.79 Å². The highest BCUT2D eigenvalue weighted by molar-refractivity contribution is 6.30. The maximum atomic E-state index is 11.9. The molecule has 1 aliphatic heterocycles. The Morgan fingerprint density at radius 2 is 2.00 bits per heavy atom. The van der Waals surface area contributed by atoms with Gasteiger partial charge in [-0.15, -0.1) is 0 Å². The van der Waals surface area contributed by atoms with E-state index < -0.39 is 0 Å². The van der Waals surface area contributed by atoms with Gasteiger partial charge in [0, 0.05) is 47.9 Å². The van der Waals surface area contributed by atoms with Gasteiger partial charge < -0.3 is 15.0 Å². The van der Waals surface area contributed by atoms with Crippen LogP contribution in [0.4, 0.5) is 17.5 Å². The van der Waals surface area contributed by atoms with E-state index in [9.17, 15) is 4.79 Å². The molecule has 7 heteroatoms. The lowest BCUT2D eigenvalue weighted by atomic mass is 10.0. The van der Waals surface area contributed by atoms with Crippen molar-refractivity contribution in [2.75, 3.05) is 29.9 Å². The number of ketones is 1. The lowest BCUT2D eigenvalue weighted by Gasteiger charge is -2.39. The van der Waals surface area contributed by atoms with E-state index in [1.54, 1.807) is 6.20 Å². The first kappa shape index (κ1) is 20.2. The highest BCUT2D eigenvalue weighted by Gasteiger charge is 2.28. The molecule has 2 heterocycles. The molecule has 1 saturated heterocycles. The average molecular weight is 423 g/mol. The molecule has 1 N–H and O–H groups in total. The summed E-state index contributed by atoms with van der Waals surface area (Å²) in [7, 11) is 0. The molecule has 4 rings (SSSR count). The molecule has 0 spiro atoms. The third kappa shape index (κ3) is 4.89. The monoisotopic (exact) mass is 422 g/mol. The summed E-state index contributed by atoms with van der Waals surface area (Å²) in [5, 5.41) is 3.90. The molecule has 30 heavy (non-hydrogen) atoms. The van der Waals surface area contributed by atoms with Gasteiger partial charge >= 0.3 is 0 Å². The fraction of sp³-hybridized carbons (Fsp3) is 0.261. The zero-order valence-electron chi connectivity index (χ0n) is 16.7. The van der Waals surface area contributed by atoms with Crippen LogP contribution < -0.4 is 15.0 Å². The number of nitrogens with one attached hydrogen (secondary N) is 1. The number of benzene rings is 2. The average Bonchev–Trinajstić information content (AvgIpc) is 2.74. The van der Waals surface area contributed by atoms with Crippen LogP contribution in [0, 0.1) is 5.92 Å². The summed E-state index contributed by atoms with van der Waals surface area (Å²) in [6.45, 7) is 4.28. The number of halogens is 1. The van der Waals surface area contributed by atoms with E-state index in [2.05, 4.69) is 20.2 Å². The minimum absolute atomic E-state index is 0.112. The van der Waals surface area contributed by atoms with Crippen molar-refractivity contribution in [2.24, 2.45) is 5.92 Å². The third-order valence-corrected chi connectivity index (χ3v) is 5.24. The lowest BCUT2D eigenvalue weighted by Crippen LogP contribution is -2.49. The summed E-state index contributed by atoms with van der Waals surface area (Å²) in [6.07, 6.45) is 2.22. The molecule has 6 nitrogen and oxygen atoms in total. The molecular weight excluding hydrogens is 400 g/mol. The van der Waals surface area contributed by atoms with Crippen LogP contribution >= 0.6 is 11.6 Å². The van der Waals surface area contributed by atoms with Gasteiger partial charge in [0.25, 0.3) is 0 Å². The minimum Gasteiger partial charge on any atom is -0.493 e. The van der Waals surface area contributed by atoms with Crippen LogP contribution in [0.15, 0.2) is 60.8 Å². The molecule has 0 bridgehead atoms. The van der Waals surface area contributed by atoms with Crippen LogP contribution in [0.25, 0.3) is 0 Å². The number of Topliss-reactive ketones (excluding diaryl/α,β-unsaturated/α-hetero) is 1. The van der Waals surface area contributed by atoms with E-state index in [0.717, 1.165) is 30.3 Å². The Balaban J connectivity index is 1.32. The molecule has 0 saturated carbocycles.